The van der Waals surface area contributed by atoms with Crippen molar-refractivity contribution in [2.24, 2.45) is 0 Å². The molecule has 0 aliphatic heterocycles. The second-order valence-corrected chi connectivity index (χ2v) is 14.8. The van der Waals surface area contributed by atoms with Gasteiger partial charge in [0.15, 0.2) is 0 Å². The van der Waals surface area contributed by atoms with Crippen LogP contribution in [0.4, 0.5) is 0 Å². The predicted molar refractivity (Wildman–Crippen MR) is 220 cm³/mol. The molecule has 10 aromatic rings. The van der Waals surface area contributed by atoms with Crippen molar-refractivity contribution in [3.8, 4) is 33.4 Å². The molecule has 0 bridgehead atoms. The third-order valence-corrected chi connectivity index (χ3v) is 11.8. The standard InChI is InChI=1S/C51H34/c1-51(2)47-29-33(23-26-41(47)42-27-24-34(30-48(42)51)36-21-11-13-31-12-3-4-14-35(31)36)32-22-25-40-39-17-7-9-19-44(39)49-43-18-8-5-15-37(43)38-16-6-10-20-45(38)50(49)46(40)28-32/h3-30H,1-2H3. The van der Waals surface area contributed by atoms with E-state index in [0.717, 1.165) is 0 Å². The van der Waals surface area contributed by atoms with Crippen LogP contribution in [0.3, 0.4) is 0 Å². The molecule has 0 saturated carbocycles. The van der Waals surface area contributed by atoms with Crippen LogP contribution in [0, 0.1) is 0 Å². The van der Waals surface area contributed by atoms with E-state index < -0.39 is 0 Å². The minimum absolute atomic E-state index is 0.129. The van der Waals surface area contributed by atoms with Crippen molar-refractivity contribution in [2.45, 2.75) is 19.3 Å². The molecular weight excluding hydrogens is 613 g/mol. The van der Waals surface area contributed by atoms with E-state index >= 15 is 0 Å². The Morgan fingerprint density at radius 3 is 1.35 bits per heavy atom. The van der Waals surface area contributed by atoms with Gasteiger partial charge in [-0.1, -0.05) is 166 Å². The second-order valence-electron chi connectivity index (χ2n) is 14.8. The van der Waals surface area contributed by atoms with Crippen molar-refractivity contribution < 1.29 is 0 Å². The lowest BCUT2D eigenvalue weighted by Crippen LogP contribution is -2.15. The Morgan fingerprint density at radius 1 is 0.294 bits per heavy atom. The van der Waals surface area contributed by atoms with E-state index in [9.17, 15) is 0 Å². The molecule has 51 heavy (non-hydrogen) atoms. The molecule has 0 radical (unpaired) electrons. The van der Waals surface area contributed by atoms with Gasteiger partial charge in [0.05, 0.1) is 0 Å². The van der Waals surface area contributed by atoms with Crippen molar-refractivity contribution in [1.29, 1.82) is 0 Å². The molecule has 0 nitrogen and oxygen atoms in total. The molecule has 0 atom stereocenters. The SMILES string of the molecule is CC1(C)c2cc(-c3ccc4c5ccccc5c5c6ccccc6c6ccccc6c5c4c3)ccc2-c2ccc(-c3cccc4ccccc34)cc21. The van der Waals surface area contributed by atoms with Crippen LogP contribution < -0.4 is 0 Å². The summed E-state index contributed by atoms with van der Waals surface area (Å²) >= 11 is 0. The molecule has 11 rings (SSSR count). The topological polar surface area (TPSA) is 0 Å². The van der Waals surface area contributed by atoms with Crippen LogP contribution in [0.1, 0.15) is 25.0 Å². The lowest BCUT2D eigenvalue weighted by atomic mass is 9.80. The van der Waals surface area contributed by atoms with Crippen molar-refractivity contribution in [2.75, 3.05) is 0 Å². The largest absolute Gasteiger partial charge is 0.0616 e. The van der Waals surface area contributed by atoms with Gasteiger partial charge in [-0.05, 0) is 127 Å². The number of hydrogen-bond acceptors (Lipinski definition) is 0. The monoisotopic (exact) mass is 646 g/mol. The summed E-state index contributed by atoms with van der Waals surface area (Å²) in [6.45, 7) is 4.79. The van der Waals surface area contributed by atoms with Crippen LogP contribution in [0.5, 0.6) is 0 Å². The fraction of sp³-hybridized carbons (Fsp3) is 0.0588. The molecule has 0 heterocycles. The summed E-state index contributed by atoms with van der Waals surface area (Å²) in [5.74, 6) is 0. The van der Waals surface area contributed by atoms with Crippen LogP contribution in [0.25, 0.3) is 98.0 Å². The summed E-state index contributed by atoms with van der Waals surface area (Å²) in [6.07, 6.45) is 0. The summed E-state index contributed by atoms with van der Waals surface area (Å²) in [5.41, 5.74) is 10.4. The zero-order valence-electron chi connectivity index (χ0n) is 28.7. The highest BCUT2D eigenvalue weighted by Gasteiger charge is 2.36. The number of fused-ring (bicyclic) bond motifs is 15. The zero-order valence-corrected chi connectivity index (χ0v) is 28.7. The maximum absolute atomic E-state index is 2.46. The number of hydrogen-bond donors (Lipinski definition) is 0. The highest BCUT2D eigenvalue weighted by atomic mass is 14.4. The van der Waals surface area contributed by atoms with Crippen LogP contribution in [0.15, 0.2) is 170 Å². The molecule has 0 unspecified atom stereocenters. The summed E-state index contributed by atoms with van der Waals surface area (Å²) in [6, 6.07) is 63.6. The Hall–Kier alpha value is -6.24. The van der Waals surface area contributed by atoms with E-state index in [2.05, 4.69) is 184 Å². The molecule has 0 saturated heterocycles. The van der Waals surface area contributed by atoms with E-state index in [1.54, 1.807) is 0 Å². The van der Waals surface area contributed by atoms with E-state index in [4.69, 9.17) is 0 Å². The quantitative estimate of drug-likeness (QED) is 0.164. The summed E-state index contributed by atoms with van der Waals surface area (Å²) in [7, 11) is 0. The minimum Gasteiger partial charge on any atom is -0.0616 e. The summed E-state index contributed by atoms with van der Waals surface area (Å²) < 4.78 is 0. The first-order valence-corrected chi connectivity index (χ1v) is 18.0. The van der Waals surface area contributed by atoms with E-state index in [-0.39, 0.29) is 5.41 Å². The number of benzene rings is 10. The molecule has 0 heteroatoms. The van der Waals surface area contributed by atoms with Gasteiger partial charge >= 0.3 is 0 Å². The van der Waals surface area contributed by atoms with Gasteiger partial charge in [0.1, 0.15) is 0 Å². The first-order valence-electron chi connectivity index (χ1n) is 18.0. The minimum atomic E-state index is -0.129. The zero-order chi connectivity index (χ0) is 33.8. The Balaban J connectivity index is 1.12. The van der Waals surface area contributed by atoms with Gasteiger partial charge in [0, 0.05) is 5.41 Å². The van der Waals surface area contributed by atoms with E-state index in [0.29, 0.717) is 0 Å². The summed E-state index contributed by atoms with van der Waals surface area (Å²) in [4.78, 5) is 0. The fourth-order valence-corrected chi connectivity index (χ4v) is 9.36. The normalized spacial score (nSPS) is 13.5. The van der Waals surface area contributed by atoms with Gasteiger partial charge in [0.2, 0.25) is 0 Å². The van der Waals surface area contributed by atoms with Crippen molar-refractivity contribution in [1.82, 2.24) is 0 Å². The lowest BCUT2D eigenvalue weighted by molar-refractivity contribution is 0.661. The Morgan fingerprint density at radius 2 is 0.725 bits per heavy atom. The average Bonchev–Trinajstić information content (AvgIpc) is 3.42. The molecule has 1 aliphatic carbocycles. The van der Waals surface area contributed by atoms with E-state index in [1.807, 2.05) is 0 Å². The maximum atomic E-state index is 2.46. The van der Waals surface area contributed by atoms with Gasteiger partial charge < -0.3 is 0 Å². The van der Waals surface area contributed by atoms with Gasteiger partial charge in [-0.25, -0.2) is 0 Å². The van der Waals surface area contributed by atoms with E-state index in [1.165, 1.54) is 109 Å². The molecule has 1 aliphatic rings. The second kappa shape index (κ2) is 10.4. The molecule has 238 valence electrons. The fourth-order valence-electron chi connectivity index (χ4n) is 9.36. The van der Waals surface area contributed by atoms with Crippen molar-refractivity contribution >= 4 is 64.6 Å². The predicted octanol–water partition coefficient (Wildman–Crippen LogP) is 14.2. The van der Waals surface area contributed by atoms with Gasteiger partial charge in [-0.2, -0.15) is 0 Å². The van der Waals surface area contributed by atoms with Crippen LogP contribution in [-0.2, 0) is 5.41 Å². The Bertz CT molecular complexity index is 3080. The van der Waals surface area contributed by atoms with Crippen LogP contribution >= 0.6 is 0 Å². The van der Waals surface area contributed by atoms with Gasteiger partial charge in [0.25, 0.3) is 0 Å². The average molecular weight is 647 g/mol. The third kappa shape index (κ3) is 3.96. The molecule has 0 spiro atoms. The Kier molecular flexibility index (Phi) is 5.82. The van der Waals surface area contributed by atoms with Gasteiger partial charge in [-0.15, -0.1) is 0 Å². The highest BCUT2D eigenvalue weighted by molar-refractivity contribution is 6.39. The molecule has 10 aromatic carbocycles. The van der Waals surface area contributed by atoms with Crippen molar-refractivity contribution in [3.63, 3.8) is 0 Å². The highest BCUT2D eigenvalue weighted by Crippen LogP contribution is 2.51. The van der Waals surface area contributed by atoms with Crippen LogP contribution in [0.2, 0.25) is 0 Å². The third-order valence-electron chi connectivity index (χ3n) is 11.8. The molecular formula is C51H34. The van der Waals surface area contributed by atoms with Gasteiger partial charge in [-0.3, -0.25) is 0 Å². The smallest absolute Gasteiger partial charge is 0.0159 e. The molecule has 0 amide bonds. The first kappa shape index (κ1) is 28.6. The van der Waals surface area contributed by atoms with Crippen LogP contribution in [-0.4, -0.2) is 0 Å². The maximum Gasteiger partial charge on any atom is 0.0159 e. The number of rotatable bonds is 2. The molecule has 0 aromatic heterocycles. The van der Waals surface area contributed by atoms with Crippen molar-refractivity contribution in [3.05, 3.63) is 181 Å². The molecule has 0 fully saturated rings. The summed E-state index contributed by atoms with van der Waals surface area (Å²) in [5, 5.41) is 15.7. The Labute approximate surface area is 297 Å². The first-order chi connectivity index (χ1) is 25.1. The lowest BCUT2D eigenvalue weighted by Gasteiger charge is -2.23. The molecule has 0 N–H and O–H groups in total.